The van der Waals surface area contributed by atoms with E-state index in [1.807, 2.05) is 30.3 Å². The van der Waals surface area contributed by atoms with Crippen molar-refractivity contribution in [1.82, 2.24) is 0 Å². The van der Waals surface area contributed by atoms with Crippen molar-refractivity contribution in [3.63, 3.8) is 0 Å². The van der Waals surface area contributed by atoms with Crippen LogP contribution in [0.25, 0.3) is 21.5 Å². The van der Waals surface area contributed by atoms with Gasteiger partial charge in [0.2, 0.25) is 0 Å². The van der Waals surface area contributed by atoms with Crippen molar-refractivity contribution in [2.24, 2.45) is 5.41 Å². The van der Waals surface area contributed by atoms with Gasteiger partial charge in [0.1, 0.15) is 17.3 Å². The molecule has 0 bridgehead atoms. The lowest BCUT2D eigenvalue weighted by Crippen LogP contribution is -2.33. The number of ketones is 1. The monoisotopic (exact) mass is 420 g/mol. The van der Waals surface area contributed by atoms with Crippen LogP contribution in [-0.4, -0.2) is 10.9 Å². The van der Waals surface area contributed by atoms with E-state index in [2.05, 4.69) is 44.2 Å². The number of ether oxygens (including phenoxy) is 1. The molecule has 4 aromatic carbocycles. The van der Waals surface area contributed by atoms with Crippen LogP contribution in [0.15, 0.2) is 84.1 Å². The van der Waals surface area contributed by atoms with E-state index in [1.54, 1.807) is 12.1 Å². The van der Waals surface area contributed by atoms with Gasteiger partial charge >= 0.3 is 0 Å². The van der Waals surface area contributed by atoms with Crippen LogP contribution in [0.1, 0.15) is 43.7 Å². The molecule has 0 saturated carbocycles. The quantitative estimate of drug-likeness (QED) is 0.366. The largest absolute Gasteiger partial charge is 0.508 e. The van der Waals surface area contributed by atoms with Gasteiger partial charge in [0.25, 0.3) is 0 Å². The number of carbonyl (C=O) groups excluding carboxylic acids is 1. The molecule has 158 valence electrons. The van der Waals surface area contributed by atoms with Gasteiger partial charge in [-0.15, -0.1) is 0 Å². The number of hydrogen-bond acceptors (Lipinski definition) is 3. The minimum atomic E-state index is -0.229. The maximum Gasteiger partial charge on any atom is 0.163 e. The van der Waals surface area contributed by atoms with Crippen molar-refractivity contribution in [1.29, 1.82) is 0 Å². The molecule has 0 saturated heterocycles. The van der Waals surface area contributed by atoms with E-state index in [0.717, 1.165) is 50.8 Å². The number of allylic oxidation sites excluding steroid dienone is 2. The van der Waals surface area contributed by atoms with Crippen molar-refractivity contribution in [3.8, 4) is 11.5 Å². The lowest BCUT2D eigenvalue weighted by molar-refractivity contribution is -0.118. The van der Waals surface area contributed by atoms with Gasteiger partial charge in [-0.25, -0.2) is 0 Å². The number of hydrogen-bond donors (Lipinski definition) is 1. The number of phenolic OH excluding ortho intramolecular Hbond substituents is 1. The Balaban J connectivity index is 1.67. The van der Waals surface area contributed by atoms with Crippen molar-refractivity contribution >= 4 is 27.3 Å². The van der Waals surface area contributed by atoms with E-state index < -0.39 is 0 Å². The van der Waals surface area contributed by atoms with Crippen molar-refractivity contribution in [2.75, 3.05) is 0 Å². The molecular formula is C29H24O3. The maximum absolute atomic E-state index is 13.5. The molecular weight excluding hydrogens is 396 g/mol. The predicted octanol–water partition coefficient (Wildman–Crippen LogP) is 6.87. The second-order valence-corrected chi connectivity index (χ2v) is 9.80. The van der Waals surface area contributed by atoms with Gasteiger partial charge in [-0.05, 0) is 50.7 Å². The van der Waals surface area contributed by atoms with Crippen molar-refractivity contribution in [3.05, 3.63) is 95.3 Å². The summed E-state index contributed by atoms with van der Waals surface area (Å²) in [7, 11) is 0. The first kappa shape index (κ1) is 19.1. The first-order chi connectivity index (χ1) is 15.4. The number of fused-ring (bicyclic) bond motifs is 4. The summed E-state index contributed by atoms with van der Waals surface area (Å²) in [5, 5.41) is 14.5. The summed E-state index contributed by atoms with van der Waals surface area (Å²) in [6.45, 7) is 4.24. The molecule has 32 heavy (non-hydrogen) atoms. The zero-order valence-electron chi connectivity index (χ0n) is 18.2. The number of benzene rings is 4. The zero-order valence-corrected chi connectivity index (χ0v) is 18.2. The van der Waals surface area contributed by atoms with Crippen LogP contribution in [0.4, 0.5) is 0 Å². The predicted molar refractivity (Wildman–Crippen MR) is 127 cm³/mol. The van der Waals surface area contributed by atoms with E-state index in [-0.39, 0.29) is 22.9 Å². The fourth-order valence-electron chi connectivity index (χ4n) is 5.39. The van der Waals surface area contributed by atoms with E-state index in [4.69, 9.17) is 4.74 Å². The molecule has 3 nitrogen and oxygen atoms in total. The van der Waals surface area contributed by atoms with Crippen LogP contribution < -0.4 is 4.74 Å². The highest BCUT2D eigenvalue weighted by atomic mass is 16.5. The first-order valence-electron chi connectivity index (χ1n) is 11.1. The smallest absolute Gasteiger partial charge is 0.163 e. The Bertz CT molecular complexity index is 1460. The molecule has 1 aliphatic carbocycles. The molecule has 0 amide bonds. The second-order valence-electron chi connectivity index (χ2n) is 9.80. The Morgan fingerprint density at radius 3 is 2.47 bits per heavy atom. The van der Waals surface area contributed by atoms with Gasteiger partial charge < -0.3 is 9.84 Å². The Labute approximate surface area is 187 Å². The highest BCUT2D eigenvalue weighted by Crippen LogP contribution is 2.52. The minimum Gasteiger partial charge on any atom is -0.508 e. The fraction of sp³-hybridized carbons (Fsp3) is 0.207. The molecule has 0 spiro atoms. The Morgan fingerprint density at radius 1 is 0.875 bits per heavy atom. The van der Waals surface area contributed by atoms with Gasteiger partial charge in [0.05, 0.1) is 0 Å². The SMILES string of the molecule is CC1(C)CC(=O)C2=C(C1)Oc1ccc3ccc(O)cc3c1C2c1ccc2ccccc2c1. The average molecular weight is 421 g/mol. The molecule has 1 atom stereocenters. The summed E-state index contributed by atoms with van der Waals surface area (Å²) in [4.78, 5) is 13.5. The number of Topliss-reactive ketones (excluding diaryl/α,β-unsaturated/α-hetero) is 1. The molecule has 0 fully saturated rings. The Morgan fingerprint density at radius 2 is 1.62 bits per heavy atom. The van der Waals surface area contributed by atoms with Crippen LogP contribution in [0.5, 0.6) is 11.5 Å². The Kier molecular flexibility index (Phi) is 4.00. The topological polar surface area (TPSA) is 46.5 Å². The summed E-state index contributed by atoms with van der Waals surface area (Å²) in [6.07, 6.45) is 1.24. The van der Waals surface area contributed by atoms with Crippen LogP contribution in [-0.2, 0) is 4.79 Å². The first-order valence-corrected chi connectivity index (χ1v) is 11.1. The lowest BCUT2D eigenvalue weighted by atomic mass is 9.69. The third kappa shape index (κ3) is 2.92. The second kappa shape index (κ2) is 6.70. The van der Waals surface area contributed by atoms with Gasteiger partial charge in [0, 0.05) is 29.9 Å². The molecule has 3 heteroatoms. The average Bonchev–Trinajstić information content (AvgIpc) is 2.76. The summed E-state index contributed by atoms with van der Waals surface area (Å²) < 4.78 is 6.41. The third-order valence-corrected chi connectivity index (χ3v) is 6.80. The van der Waals surface area contributed by atoms with E-state index >= 15 is 0 Å². The van der Waals surface area contributed by atoms with Crippen molar-refractivity contribution < 1.29 is 14.6 Å². The Hall–Kier alpha value is -3.59. The number of aromatic hydroxyl groups is 1. The normalized spacial score (nSPS) is 19.6. The molecule has 1 unspecified atom stereocenters. The highest BCUT2D eigenvalue weighted by Gasteiger charge is 2.42. The van der Waals surface area contributed by atoms with Crippen LogP contribution in [0.3, 0.4) is 0 Å². The van der Waals surface area contributed by atoms with Crippen LogP contribution in [0, 0.1) is 5.41 Å². The molecule has 1 heterocycles. The fourth-order valence-corrected chi connectivity index (χ4v) is 5.39. The van der Waals surface area contributed by atoms with E-state index in [9.17, 15) is 9.90 Å². The van der Waals surface area contributed by atoms with Gasteiger partial charge in [-0.1, -0.05) is 68.4 Å². The van der Waals surface area contributed by atoms with Crippen LogP contribution in [0.2, 0.25) is 0 Å². The number of phenols is 1. The molecule has 6 rings (SSSR count). The molecule has 2 aliphatic rings. The molecule has 0 radical (unpaired) electrons. The van der Waals surface area contributed by atoms with Gasteiger partial charge in [-0.3, -0.25) is 4.79 Å². The molecule has 4 aromatic rings. The zero-order chi connectivity index (χ0) is 22.0. The van der Waals surface area contributed by atoms with Crippen LogP contribution >= 0.6 is 0 Å². The van der Waals surface area contributed by atoms with Crippen molar-refractivity contribution in [2.45, 2.75) is 32.6 Å². The summed E-state index contributed by atoms with van der Waals surface area (Å²) in [5.74, 6) is 1.69. The lowest BCUT2D eigenvalue weighted by Gasteiger charge is -2.38. The standard InChI is InChI=1S/C29H24O3/c1-29(2)15-23(31)28-25(16-29)32-24-12-10-18-9-11-21(30)14-22(18)27(24)26(28)20-8-7-17-5-3-4-6-19(17)13-20/h3-14,26,30H,15-16H2,1-2H3. The third-order valence-electron chi connectivity index (χ3n) is 6.80. The number of carbonyl (C=O) groups is 1. The van der Waals surface area contributed by atoms with E-state index in [1.165, 1.54) is 5.39 Å². The highest BCUT2D eigenvalue weighted by molar-refractivity contribution is 6.02. The summed E-state index contributed by atoms with van der Waals surface area (Å²) >= 11 is 0. The molecule has 0 aromatic heterocycles. The summed E-state index contributed by atoms with van der Waals surface area (Å²) in [5.41, 5.74) is 2.67. The van der Waals surface area contributed by atoms with Gasteiger partial charge in [0.15, 0.2) is 5.78 Å². The molecule has 1 aliphatic heterocycles. The van der Waals surface area contributed by atoms with Gasteiger partial charge in [-0.2, -0.15) is 0 Å². The maximum atomic E-state index is 13.5. The number of rotatable bonds is 1. The van der Waals surface area contributed by atoms with E-state index in [0.29, 0.717) is 6.42 Å². The molecule has 1 N–H and O–H groups in total. The summed E-state index contributed by atoms with van der Waals surface area (Å²) in [6, 6.07) is 24.1. The minimum absolute atomic E-state index is 0.129.